The summed E-state index contributed by atoms with van der Waals surface area (Å²) in [5.74, 6) is -2.87. The third-order valence-electron chi connectivity index (χ3n) is 23.5. The zero-order chi connectivity index (χ0) is 98.4. The van der Waals surface area contributed by atoms with Gasteiger partial charge in [0, 0.05) is 117 Å². The number of anilines is 6. The molecule has 0 spiro atoms. The first kappa shape index (κ1) is 97.8. The molecular formula is C100H95F8N17O13S. The van der Waals surface area contributed by atoms with Crippen molar-refractivity contribution < 1.29 is 97.1 Å². The van der Waals surface area contributed by atoms with Crippen molar-refractivity contribution in [2.75, 3.05) is 81.5 Å². The molecule has 13 heterocycles. The third kappa shape index (κ3) is 22.7. The number of pyridine rings is 2. The number of amides is 7. The molecule has 7 amide bonds. The highest BCUT2D eigenvalue weighted by molar-refractivity contribution is 7.98. The number of rotatable bonds is 21. The van der Waals surface area contributed by atoms with Crippen molar-refractivity contribution in [1.29, 1.82) is 0 Å². The lowest BCUT2D eigenvalue weighted by Gasteiger charge is -2.14. The molecule has 139 heavy (non-hydrogen) atoms. The minimum atomic E-state index is -2.78. The first-order chi connectivity index (χ1) is 67.1. The number of fused-ring (bicyclic) bond motifs is 2. The molecule has 30 nitrogen and oxygen atoms in total. The van der Waals surface area contributed by atoms with Crippen LogP contribution in [0.1, 0.15) is 80.2 Å². The van der Waals surface area contributed by atoms with E-state index in [0.29, 0.717) is 122 Å². The maximum Gasteiger partial charge on any atom is 0.414 e. The molecule has 0 bridgehead atoms. The zero-order valence-corrected chi connectivity index (χ0v) is 77.2. The molecule has 0 aliphatic carbocycles. The number of alkyl halides is 2. The van der Waals surface area contributed by atoms with Gasteiger partial charge in [-0.05, 0) is 165 Å². The van der Waals surface area contributed by atoms with E-state index in [2.05, 4.69) is 40.7 Å². The lowest BCUT2D eigenvalue weighted by molar-refractivity contribution is -0.119. The Balaban J connectivity index is 0.000000126. The average Bonchev–Trinajstić information content (AvgIpc) is 1.70. The van der Waals surface area contributed by atoms with E-state index < -0.39 is 72.5 Å². The van der Waals surface area contributed by atoms with Crippen LogP contribution in [0.15, 0.2) is 237 Å². The first-order valence-electron chi connectivity index (χ1n) is 44.6. The number of hydrogen-bond donors (Lipinski definition) is 2. The summed E-state index contributed by atoms with van der Waals surface area (Å²) in [5.41, 5.74) is 10.3. The standard InChI is InChI=1S/C18H18FN3O3S.C18H16FN3O2.C17H15FN4O2.C17H16FNO2.C15H14F3N3O2.C15H16FN3O2/c1-11(23)20-9-14-10-22(18(24)25-14)13-7-16(19)17(21-8-13)12-3-5-15(26-2)6-4-12;1-2-12-10-22(18(23)24-12)11-3-4-13(16(19)7-11)15-8-20-9-17-14(15)5-6-21-17;1-2-12-10-21(17(23)24-12)11-5-6-13(15(18)8-11)14-9-20-22-16(14)4-3-7-19-22;1-2-14-11-19(17(20)21-14)13-8-9-15(16(18)10-13)12-6-4-3-5-7-12;1-2-11-8-20(15(22)23-11)10-3-4-12(13(16)5-10)9-6-19-21(7-9)14(17)18;1-3-12-9-19(15(20)21-12)11-4-5-13(14(16)6-11)10-7-17-18(2)8-10/h3-8,14H,9-10H2,1-2H3,(H,20,23);3-9,12,21H,2,10H2,1H3;3-9,12H,2,10H2,1H3;3-10,14H,2,11H2,1H3;3-7,11,14H,2,8H2,1H3;4-8,12H,3,9H2,1-2H3. The number of benzene rings is 7. The third-order valence-corrected chi connectivity index (χ3v) is 24.2. The van der Waals surface area contributed by atoms with Crippen LogP contribution in [0, 0.1) is 34.9 Å². The Morgan fingerprint density at radius 1 is 0.417 bits per heavy atom. The van der Waals surface area contributed by atoms with Gasteiger partial charge in [0.05, 0.1) is 122 Å². The van der Waals surface area contributed by atoms with Crippen molar-refractivity contribution in [1.82, 2.24) is 54.7 Å². The van der Waals surface area contributed by atoms with Gasteiger partial charge in [0.2, 0.25) is 5.91 Å². The van der Waals surface area contributed by atoms with Gasteiger partial charge in [-0.2, -0.15) is 33.8 Å². The van der Waals surface area contributed by atoms with Gasteiger partial charge < -0.3 is 38.7 Å². The number of nitrogens with one attached hydrogen (secondary N) is 2. The summed E-state index contributed by atoms with van der Waals surface area (Å²) >= 11 is 1.60. The number of carbonyl (C=O) groups excluding carboxylic acids is 7. The minimum Gasteiger partial charge on any atom is -0.444 e. The van der Waals surface area contributed by atoms with Crippen molar-refractivity contribution in [2.24, 2.45) is 7.05 Å². The summed E-state index contributed by atoms with van der Waals surface area (Å²) in [5, 5.41) is 19.2. The van der Waals surface area contributed by atoms with Crippen molar-refractivity contribution in [3.05, 3.63) is 267 Å². The molecule has 6 aliphatic heterocycles. The quantitative estimate of drug-likeness (QED) is 0.0383. The molecule has 0 radical (unpaired) electrons. The molecule has 7 aromatic carbocycles. The Hall–Kier alpha value is -15.7. The summed E-state index contributed by atoms with van der Waals surface area (Å²) in [6, 6.07) is 46.8. The van der Waals surface area contributed by atoms with Gasteiger partial charge in [-0.1, -0.05) is 77.1 Å². The lowest BCUT2D eigenvalue weighted by atomic mass is 10.0. The summed E-state index contributed by atoms with van der Waals surface area (Å²) < 4.78 is 147. The van der Waals surface area contributed by atoms with Crippen molar-refractivity contribution in [2.45, 2.75) is 122 Å². The van der Waals surface area contributed by atoms with Crippen molar-refractivity contribution >= 4 is 105 Å². The fourth-order valence-electron chi connectivity index (χ4n) is 15.9. The zero-order valence-electron chi connectivity index (χ0n) is 76.4. The fraction of sp³-hybridized carbons (Fsp3) is 0.270. The second-order valence-electron chi connectivity index (χ2n) is 32.6. The Labute approximate surface area is 796 Å². The van der Waals surface area contributed by atoms with Gasteiger partial charge in [0.25, 0.3) is 0 Å². The molecular weight excluding hydrogens is 1830 g/mol. The van der Waals surface area contributed by atoms with Crippen LogP contribution in [0.3, 0.4) is 0 Å². The van der Waals surface area contributed by atoms with E-state index in [9.17, 15) is 68.7 Å². The first-order valence-corrected chi connectivity index (χ1v) is 45.8. The van der Waals surface area contributed by atoms with Crippen LogP contribution in [-0.4, -0.2) is 180 Å². The van der Waals surface area contributed by atoms with E-state index in [-0.39, 0.29) is 78.0 Å². The normalized spacial score (nSPS) is 17.5. The molecule has 2 N–H and O–H groups in total. The number of hydrogen-bond acceptors (Lipinski definition) is 20. The maximum atomic E-state index is 14.7. The largest absolute Gasteiger partial charge is 0.444 e. The molecule has 6 aliphatic rings. The Kier molecular flexibility index (Phi) is 30.9. The molecule has 0 saturated carbocycles. The van der Waals surface area contributed by atoms with Crippen LogP contribution in [0.25, 0.3) is 83.3 Å². The van der Waals surface area contributed by atoms with Crippen LogP contribution < -0.4 is 34.7 Å². The molecule has 7 aromatic heterocycles. The Morgan fingerprint density at radius 3 is 1.24 bits per heavy atom. The Bertz CT molecular complexity index is 6810. The molecule has 6 saturated heterocycles. The van der Waals surface area contributed by atoms with E-state index in [1.807, 2.05) is 108 Å². The maximum absolute atomic E-state index is 14.7. The molecule has 720 valence electrons. The number of ether oxygens (including phenoxy) is 6. The number of nitrogens with zero attached hydrogens (tertiary/aromatic N) is 15. The molecule has 39 heteroatoms. The number of aromatic amines is 1. The number of cyclic esters (lactones) is 6. The van der Waals surface area contributed by atoms with Crippen molar-refractivity contribution in [3.63, 3.8) is 0 Å². The van der Waals surface area contributed by atoms with Crippen LogP contribution >= 0.6 is 11.8 Å². The molecule has 6 unspecified atom stereocenters. The van der Waals surface area contributed by atoms with Gasteiger partial charge in [-0.3, -0.25) is 48.8 Å². The predicted molar refractivity (Wildman–Crippen MR) is 506 cm³/mol. The number of carbonyl (C=O) groups is 7. The monoisotopic (exact) mass is 1930 g/mol. The van der Waals surface area contributed by atoms with Gasteiger partial charge >= 0.3 is 43.1 Å². The van der Waals surface area contributed by atoms with E-state index >= 15 is 0 Å². The number of thioether (sulfide) groups is 1. The van der Waals surface area contributed by atoms with E-state index in [1.165, 1.54) is 95.8 Å². The highest BCUT2D eigenvalue weighted by Crippen LogP contribution is 2.39. The highest BCUT2D eigenvalue weighted by atomic mass is 32.2. The number of H-pyrrole nitrogens is 1. The van der Waals surface area contributed by atoms with Gasteiger partial charge in [0.15, 0.2) is 5.82 Å². The predicted octanol–water partition coefficient (Wildman–Crippen LogP) is 21.5. The molecule has 6 atom stereocenters. The van der Waals surface area contributed by atoms with Crippen LogP contribution in [0.2, 0.25) is 0 Å². The van der Waals surface area contributed by atoms with Crippen LogP contribution in [0.4, 0.5) is 98.0 Å². The molecule has 20 rings (SSSR count). The topological polar surface area (TPSA) is 314 Å². The molecule has 6 fully saturated rings. The highest BCUT2D eigenvalue weighted by Gasteiger charge is 2.39. The summed E-state index contributed by atoms with van der Waals surface area (Å²) in [4.78, 5) is 103. The van der Waals surface area contributed by atoms with Gasteiger partial charge in [-0.15, -0.1) is 11.8 Å². The number of aryl methyl sites for hydroxylation is 1. The minimum absolute atomic E-state index is 0.116. The van der Waals surface area contributed by atoms with E-state index in [1.54, 1.807) is 128 Å². The van der Waals surface area contributed by atoms with Gasteiger partial charge in [-0.25, -0.2) is 59.8 Å². The summed E-state index contributed by atoms with van der Waals surface area (Å²) in [6.07, 6.45) is 17.0. The second kappa shape index (κ2) is 44.0. The number of halogens is 8. The van der Waals surface area contributed by atoms with E-state index in [0.717, 1.165) is 58.8 Å². The second-order valence-corrected chi connectivity index (χ2v) is 33.5. The van der Waals surface area contributed by atoms with E-state index in [4.69, 9.17) is 28.4 Å². The lowest BCUT2D eigenvalue weighted by Crippen LogP contribution is -2.33. The Morgan fingerprint density at radius 2 is 0.835 bits per heavy atom. The average molecular weight is 1930 g/mol. The summed E-state index contributed by atoms with van der Waals surface area (Å²) in [6.45, 7) is 10.9. The SMILES string of the molecule is CCC1CN(c2ccc(-c3ccccc3)c(F)c2)C(=O)O1.CCC1CN(c2ccc(-c3cncc4[nH]ccc34)c(F)c2)C(=O)O1.CCC1CN(c2ccc(-c3cnn(C(F)F)c3)c(F)c2)C(=O)O1.CCC1CN(c2ccc(-c3cnn(C)c3)c(F)c2)C(=O)O1.CCC1CN(c2ccc(-c3cnn4ncccc34)c(F)c2)C(=O)O1.CSc1ccc(-c2ncc(N3CC(CNC(C)=O)OC3=O)cc2F)cc1. The summed E-state index contributed by atoms with van der Waals surface area (Å²) in [7, 11) is 1.78. The van der Waals surface area contributed by atoms with Crippen molar-refractivity contribution in [3.8, 4) is 66.9 Å². The van der Waals surface area contributed by atoms with Gasteiger partial charge in [0.1, 0.15) is 71.4 Å². The van der Waals surface area contributed by atoms with Crippen LogP contribution in [-0.2, 0) is 40.3 Å². The van der Waals surface area contributed by atoms with Crippen LogP contribution in [0.5, 0.6) is 0 Å². The number of aromatic nitrogens is 10. The smallest absolute Gasteiger partial charge is 0.414 e. The molecule has 14 aromatic rings. The fourth-order valence-corrected chi connectivity index (χ4v) is 16.3.